The predicted molar refractivity (Wildman–Crippen MR) is 121 cm³/mol. The second-order valence-electron chi connectivity index (χ2n) is 8.03. The fraction of sp³-hybridized carbons (Fsp3) is 0.800. The van der Waals surface area contributed by atoms with Gasteiger partial charge in [-0.15, -0.1) is 0 Å². The lowest BCUT2D eigenvalue weighted by Crippen LogP contribution is -2.04. The highest BCUT2D eigenvalue weighted by molar-refractivity contribution is 5.66. The summed E-state index contributed by atoms with van der Waals surface area (Å²) in [5.74, 6) is -0.672. The van der Waals surface area contributed by atoms with E-state index in [0.29, 0.717) is 6.42 Å². The van der Waals surface area contributed by atoms with Crippen LogP contribution >= 0.6 is 0 Å². The molecule has 0 bridgehead atoms. The van der Waals surface area contributed by atoms with Gasteiger partial charge in [-0.05, 0) is 32.1 Å². The predicted octanol–water partition coefficient (Wildman–Crippen LogP) is 7.59. The summed E-state index contributed by atoms with van der Waals surface area (Å²) in [7, 11) is 0. The van der Waals surface area contributed by atoms with Crippen LogP contribution < -0.4 is 0 Å². The number of hydrogen-bond acceptors (Lipinski definition) is 2. The number of hydrogen-bond donors (Lipinski definition) is 2. The van der Waals surface area contributed by atoms with E-state index in [9.17, 15) is 9.90 Å². The van der Waals surface area contributed by atoms with Gasteiger partial charge in [0.25, 0.3) is 0 Å². The maximum atomic E-state index is 10.4. The fourth-order valence-electron chi connectivity index (χ4n) is 3.33. The zero-order chi connectivity index (χ0) is 20.7. The first-order valence-corrected chi connectivity index (χ1v) is 11.9. The van der Waals surface area contributed by atoms with Crippen LogP contribution in [0, 0.1) is 0 Å². The minimum Gasteiger partial charge on any atom is -0.481 e. The number of carboxylic acid groups (broad SMARTS) is 1. The average molecular weight is 395 g/mol. The molecular weight excluding hydrogens is 348 g/mol. The van der Waals surface area contributed by atoms with Gasteiger partial charge in [-0.3, -0.25) is 4.79 Å². The molecule has 0 saturated carbocycles. The van der Waals surface area contributed by atoms with Crippen LogP contribution in [0.3, 0.4) is 0 Å². The molecule has 0 radical (unpaired) electrons. The van der Waals surface area contributed by atoms with Gasteiger partial charge in [-0.25, -0.2) is 0 Å². The van der Waals surface area contributed by atoms with Gasteiger partial charge in [-0.2, -0.15) is 0 Å². The van der Waals surface area contributed by atoms with E-state index < -0.39 is 5.97 Å². The minimum atomic E-state index is -0.672. The van der Waals surface area contributed by atoms with E-state index >= 15 is 0 Å². The van der Waals surface area contributed by atoms with Crippen molar-refractivity contribution < 1.29 is 15.0 Å². The van der Waals surface area contributed by atoms with Crippen molar-refractivity contribution in [3.63, 3.8) is 0 Å². The lowest BCUT2D eigenvalue weighted by Gasteiger charge is -2.07. The molecule has 0 aliphatic carbocycles. The molecule has 1 unspecified atom stereocenters. The van der Waals surface area contributed by atoms with Crippen LogP contribution in [-0.4, -0.2) is 22.3 Å². The van der Waals surface area contributed by atoms with Gasteiger partial charge in [0, 0.05) is 6.42 Å². The van der Waals surface area contributed by atoms with Crippen molar-refractivity contribution in [1.82, 2.24) is 0 Å². The topological polar surface area (TPSA) is 57.5 Å². The second-order valence-corrected chi connectivity index (χ2v) is 8.03. The summed E-state index contributed by atoms with van der Waals surface area (Å²) in [5, 5.41) is 18.6. The van der Waals surface area contributed by atoms with Gasteiger partial charge in [0.05, 0.1) is 6.10 Å². The lowest BCUT2D eigenvalue weighted by molar-refractivity contribution is -0.137. The van der Waals surface area contributed by atoms with E-state index in [-0.39, 0.29) is 6.10 Å². The maximum Gasteiger partial charge on any atom is 0.303 e. The molecule has 0 aromatic rings. The van der Waals surface area contributed by atoms with E-state index in [2.05, 4.69) is 31.2 Å². The van der Waals surface area contributed by atoms with Gasteiger partial charge >= 0.3 is 5.97 Å². The van der Waals surface area contributed by atoms with Crippen molar-refractivity contribution >= 4 is 5.97 Å². The van der Waals surface area contributed by atoms with Crippen LogP contribution in [0.5, 0.6) is 0 Å². The first-order valence-electron chi connectivity index (χ1n) is 11.9. The molecule has 0 aliphatic heterocycles. The Hall–Kier alpha value is -1.09. The highest BCUT2D eigenvalue weighted by Crippen LogP contribution is 2.13. The number of aliphatic hydroxyl groups excluding tert-OH is 1. The second kappa shape index (κ2) is 22.2. The molecule has 28 heavy (non-hydrogen) atoms. The molecule has 0 heterocycles. The third-order valence-electron chi connectivity index (χ3n) is 5.17. The Bertz CT molecular complexity index is 387. The molecule has 2 N–H and O–H groups in total. The molecule has 1 atom stereocenters. The summed E-state index contributed by atoms with van der Waals surface area (Å²) in [5.41, 5.74) is 0. The van der Waals surface area contributed by atoms with Crippen LogP contribution in [0.4, 0.5) is 0 Å². The monoisotopic (exact) mass is 394 g/mol. The molecule has 0 spiro atoms. The van der Waals surface area contributed by atoms with Gasteiger partial charge in [0.15, 0.2) is 0 Å². The number of carboxylic acids is 1. The smallest absolute Gasteiger partial charge is 0.303 e. The van der Waals surface area contributed by atoms with Gasteiger partial charge in [-0.1, -0.05) is 108 Å². The molecule has 3 nitrogen and oxygen atoms in total. The van der Waals surface area contributed by atoms with Crippen LogP contribution in [0.15, 0.2) is 24.3 Å². The Morgan fingerprint density at radius 2 is 1.29 bits per heavy atom. The Morgan fingerprint density at radius 3 is 1.86 bits per heavy atom. The Kier molecular flexibility index (Phi) is 21.3. The maximum absolute atomic E-state index is 10.4. The van der Waals surface area contributed by atoms with Gasteiger partial charge in [0.2, 0.25) is 0 Å². The SMILES string of the molecule is CCCCC=CCC=CCC(O)CCCCCCCCCCCCCC(=O)O. The molecule has 3 heteroatoms. The first kappa shape index (κ1) is 26.9. The molecule has 164 valence electrons. The standard InChI is InChI=1S/C25H46O3/c1-2-3-4-5-6-12-15-18-21-24(26)22-19-16-13-10-8-7-9-11-14-17-20-23-25(27)28/h5-6,15,18,24,26H,2-4,7-14,16-17,19-23H2,1H3,(H,27,28). The van der Waals surface area contributed by atoms with E-state index in [1.54, 1.807) is 0 Å². The fourth-order valence-corrected chi connectivity index (χ4v) is 3.33. The molecule has 0 aromatic heterocycles. The van der Waals surface area contributed by atoms with Crippen molar-refractivity contribution in [3.8, 4) is 0 Å². The molecule has 0 aliphatic rings. The van der Waals surface area contributed by atoms with Gasteiger partial charge in [0.1, 0.15) is 0 Å². The molecule has 0 rings (SSSR count). The number of aliphatic carboxylic acids is 1. The molecular formula is C25H46O3. The van der Waals surface area contributed by atoms with E-state index in [1.165, 1.54) is 70.6 Å². The number of unbranched alkanes of at least 4 members (excludes halogenated alkanes) is 12. The Labute approximate surface area is 174 Å². The van der Waals surface area contributed by atoms with Crippen molar-refractivity contribution in [2.24, 2.45) is 0 Å². The number of aliphatic hydroxyl groups is 1. The highest BCUT2D eigenvalue weighted by Gasteiger charge is 2.01. The van der Waals surface area contributed by atoms with Crippen LogP contribution in [0.25, 0.3) is 0 Å². The third-order valence-corrected chi connectivity index (χ3v) is 5.17. The molecule has 0 amide bonds. The van der Waals surface area contributed by atoms with Crippen molar-refractivity contribution in [2.75, 3.05) is 0 Å². The van der Waals surface area contributed by atoms with E-state index in [1.807, 2.05) is 0 Å². The zero-order valence-corrected chi connectivity index (χ0v) is 18.4. The summed E-state index contributed by atoms with van der Waals surface area (Å²) in [6, 6.07) is 0. The summed E-state index contributed by atoms with van der Waals surface area (Å²) >= 11 is 0. The number of carbonyl (C=O) groups is 1. The normalized spacial score (nSPS) is 12.9. The van der Waals surface area contributed by atoms with Crippen molar-refractivity contribution in [3.05, 3.63) is 24.3 Å². The molecule has 0 saturated heterocycles. The number of allylic oxidation sites excluding steroid dienone is 3. The van der Waals surface area contributed by atoms with Crippen LogP contribution in [0.2, 0.25) is 0 Å². The summed E-state index contributed by atoms with van der Waals surface area (Å²) in [4.78, 5) is 10.4. The largest absolute Gasteiger partial charge is 0.481 e. The quantitative estimate of drug-likeness (QED) is 0.156. The lowest BCUT2D eigenvalue weighted by atomic mass is 10.0. The first-order chi connectivity index (χ1) is 13.7. The highest BCUT2D eigenvalue weighted by atomic mass is 16.4. The van der Waals surface area contributed by atoms with E-state index in [4.69, 9.17) is 5.11 Å². The zero-order valence-electron chi connectivity index (χ0n) is 18.4. The summed E-state index contributed by atoms with van der Waals surface area (Å²) in [6.07, 6.45) is 28.5. The Morgan fingerprint density at radius 1 is 0.750 bits per heavy atom. The van der Waals surface area contributed by atoms with Gasteiger partial charge < -0.3 is 10.2 Å². The van der Waals surface area contributed by atoms with Crippen molar-refractivity contribution in [1.29, 1.82) is 0 Å². The van der Waals surface area contributed by atoms with Crippen molar-refractivity contribution in [2.45, 2.75) is 129 Å². The minimum absolute atomic E-state index is 0.179. The number of rotatable bonds is 21. The average Bonchev–Trinajstić information content (AvgIpc) is 2.67. The molecule has 0 aromatic carbocycles. The van der Waals surface area contributed by atoms with E-state index in [0.717, 1.165) is 38.5 Å². The third kappa shape index (κ3) is 23.0. The Balaban J connectivity index is 3.26. The summed E-state index contributed by atoms with van der Waals surface area (Å²) < 4.78 is 0. The van der Waals surface area contributed by atoms with Crippen LogP contribution in [-0.2, 0) is 4.79 Å². The van der Waals surface area contributed by atoms with Crippen LogP contribution in [0.1, 0.15) is 122 Å². The summed E-state index contributed by atoms with van der Waals surface area (Å²) in [6.45, 7) is 2.22. The molecule has 0 fully saturated rings.